The number of aliphatic carboxylic acids is 1. The molecule has 0 aromatic heterocycles. The molecule has 0 atom stereocenters. The van der Waals surface area contributed by atoms with Gasteiger partial charge in [-0.1, -0.05) is 18.2 Å². The molecule has 4 nitrogen and oxygen atoms in total. The maximum Gasteiger partial charge on any atom is 0.303 e. The van der Waals surface area contributed by atoms with Crippen LogP contribution in [0.3, 0.4) is 0 Å². The highest BCUT2D eigenvalue weighted by atomic mass is 32.2. The fourth-order valence-electron chi connectivity index (χ4n) is 1.53. The van der Waals surface area contributed by atoms with Crippen LogP contribution in [0.2, 0.25) is 0 Å². The van der Waals surface area contributed by atoms with Gasteiger partial charge in [0.1, 0.15) is 0 Å². The molecule has 0 unspecified atom stereocenters. The van der Waals surface area contributed by atoms with E-state index in [-0.39, 0.29) is 11.7 Å². The van der Waals surface area contributed by atoms with E-state index in [0.29, 0.717) is 6.42 Å². The lowest BCUT2D eigenvalue weighted by atomic mass is 10.1. The Morgan fingerprint density at radius 2 is 2.05 bits per heavy atom. The predicted molar refractivity (Wildman–Crippen MR) is 81.9 cm³/mol. The highest BCUT2D eigenvalue weighted by molar-refractivity contribution is 8.13. The van der Waals surface area contributed by atoms with Crippen LogP contribution in [0.1, 0.15) is 25.3 Å². The first kappa shape index (κ1) is 16.3. The minimum Gasteiger partial charge on any atom is -0.481 e. The minimum atomic E-state index is -0.796. The van der Waals surface area contributed by atoms with E-state index in [1.54, 1.807) is 14.1 Å². The van der Waals surface area contributed by atoms with E-state index < -0.39 is 5.97 Å². The maximum absolute atomic E-state index is 11.6. The van der Waals surface area contributed by atoms with Crippen LogP contribution in [-0.2, 0) is 4.79 Å². The zero-order valence-electron chi connectivity index (χ0n) is 11.9. The molecule has 1 aromatic carbocycles. The zero-order valence-corrected chi connectivity index (χ0v) is 12.7. The summed E-state index contributed by atoms with van der Waals surface area (Å²) < 4.78 is 0. The van der Waals surface area contributed by atoms with Crippen molar-refractivity contribution >= 4 is 28.5 Å². The van der Waals surface area contributed by atoms with Crippen molar-refractivity contribution in [1.29, 1.82) is 0 Å². The van der Waals surface area contributed by atoms with Crippen LogP contribution in [-0.4, -0.2) is 35.3 Å². The molecule has 0 aliphatic carbocycles. The van der Waals surface area contributed by atoms with E-state index >= 15 is 0 Å². The topological polar surface area (TPSA) is 57.6 Å². The Bertz CT molecular complexity index is 524. The van der Waals surface area contributed by atoms with Gasteiger partial charge in [-0.25, -0.2) is 0 Å². The van der Waals surface area contributed by atoms with Crippen LogP contribution in [0.15, 0.2) is 35.2 Å². The SMILES string of the molecule is C/C(=C/CCC(=O)O)c1cccc(SC(=O)N(C)C)c1. The number of hydrogen-bond acceptors (Lipinski definition) is 3. The summed E-state index contributed by atoms with van der Waals surface area (Å²) in [5.41, 5.74) is 2.03. The summed E-state index contributed by atoms with van der Waals surface area (Å²) in [5.74, 6) is -0.796. The molecule has 0 heterocycles. The van der Waals surface area contributed by atoms with Crippen LogP contribution in [0.5, 0.6) is 0 Å². The summed E-state index contributed by atoms with van der Waals surface area (Å²) >= 11 is 1.18. The molecular formula is C15H19NO3S. The Kier molecular flexibility index (Phi) is 6.31. The van der Waals surface area contributed by atoms with Crippen molar-refractivity contribution in [2.75, 3.05) is 14.1 Å². The number of carboxylic acid groups (broad SMARTS) is 1. The van der Waals surface area contributed by atoms with Crippen LogP contribution < -0.4 is 0 Å². The third-order valence-corrected chi connectivity index (χ3v) is 3.70. The van der Waals surface area contributed by atoms with Gasteiger partial charge >= 0.3 is 5.97 Å². The van der Waals surface area contributed by atoms with Crippen molar-refractivity contribution in [3.8, 4) is 0 Å². The Morgan fingerprint density at radius 1 is 1.35 bits per heavy atom. The molecule has 0 bridgehead atoms. The molecule has 1 N–H and O–H groups in total. The van der Waals surface area contributed by atoms with Gasteiger partial charge in [0.15, 0.2) is 0 Å². The molecule has 0 aliphatic rings. The van der Waals surface area contributed by atoms with Gasteiger partial charge in [-0.15, -0.1) is 0 Å². The van der Waals surface area contributed by atoms with Crippen LogP contribution in [0.4, 0.5) is 4.79 Å². The van der Waals surface area contributed by atoms with Crippen LogP contribution in [0, 0.1) is 0 Å². The molecule has 1 aromatic rings. The van der Waals surface area contributed by atoms with Gasteiger partial charge in [-0.05, 0) is 48.4 Å². The van der Waals surface area contributed by atoms with Gasteiger partial charge in [0.25, 0.3) is 5.24 Å². The number of benzene rings is 1. The zero-order chi connectivity index (χ0) is 15.1. The smallest absolute Gasteiger partial charge is 0.303 e. The van der Waals surface area contributed by atoms with Gasteiger partial charge in [-0.2, -0.15) is 0 Å². The number of hydrogen-bond donors (Lipinski definition) is 1. The van der Waals surface area contributed by atoms with Crippen molar-refractivity contribution in [3.63, 3.8) is 0 Å². The van der Waals surface area contributed by atoms with E-state index in [2.05, 4.69) is 0 Å². The first-order valence-corrected chi connectivity index (χ1v) is 7.10. The van der Waals surface area contributed by atoms with Crippen molar-refractivity contribution in [3.05, 3.63) is 35.9 Å². The number of carbonyl (C=O) groups is 2. The summed E-state index contributed by atoms with van der Waals surface area (Å²) in [7, 11) is 3.44. The summed E-state index contributed by atoms with van der Waals surface area (Å²) in [6.07, 6.45) is 2.55. The van der Waals surface area contributed by atoms with Crippen LogP contribution >= 0.6 is 11.8 Å². The van der Waals surface area contributed by atoms with Crippen molar-refractivity contribution in [1.82, 2.24) is 4.90 Å². The summed E-state index contributed by atoms with van der Waals surface area (Å²) in [4.78, 5) is 24.5. The Labute approximate surface area is 123 Å². The minimum absolute atomic E-state index is 0.0188. The quantitative estimate of drug-likeness (QED) is 0.840. The maximum atomic E-state index is 11.6. The molecule has 5 heteroatoms. The molecule has 0 aliphatic heterocycles. The molecule has 1 amide bonds. The lowest BCUT2D eigenvalue weighted by molar-refractivity contribution is -0.136. The van der Waals surface area contributed by atoms with E-state index in [1.807, 2.05) is 37.3 Å². The normalized spacial score (nSPS) is 11.2. The Hall–Kier alpha value is -1.75. The highest BCUT2D eigenvalue weighted by Crippen LogP contribution is 2.24. The molecule has 0 radical (unpaired) electrons. The van der Waals surface area contributed by atoms with Gasteiger partial charge in [0.05, 0.1) is 0 Å². The molecule has 0 fully saturated rings. The number of rotatable bonds is 5. The van der Waals surface area contributed by atoms with E-state index in [9.17, 15) is 9.59 Å². The highest BCUT2D eigenvalue weighted by Gasteiger charge is 2.07. The van der Waals surface area contributed by atoms with E-state index in [0.717, 1.165) is 16.0 Å². The summed E-state index contributed by atoms with van der Waals surface area (Å²) in [6.45, 7) is 1.94. The van der Waals surface area contributed by atoms with Gasteiger partial charge in [0.2, 0.25) is 0 Å². The number of carboxylic acids is 1. The average Bonchev–Trinajstić information content (AvgIpc) is 2.38. The second-order valence-electron chi connectivity index (χ2n) is 4.61. The Balaban J connectivity index is 2.76. The third kappa shape index (κ3) is 5.48. The first-order valence-electron chi connectivity index (χ1n) is 6.28. The molecule has 0 saturated heterocycles. The predicted octanol–water partition coefficient (Wildman–Crippen LogP) is 3.73. The fraction of sp³-hybridized carbons (Fsp3) is 0.333. The number of carbonyl (C=O) groups excluding carboxylic acids is 1. The van der Waals surface area contributed by atoms with Crippen molar-refractivity contribution < 1.29 is 14.7 Å². The van der Waals surface area contributed by atoms with Crippen LogP contribution in [0.25, 0.3) is 5.57 Å². The number of allylic oxidation sites excluding steroid dienone is 2. The van der Waals surface area contributed by atoms with Crippen molar-refractivity contribution in [2.24, 2.45) is 0 Å². The molecule has 1 rings (SSSR count). The van der Waals surface area contributed by atoms with Gasteiger partial charge in [-0.3, -0.25) is 9.59 Å². The van der Waals surface area contributed by atoms with Gasteiger partial charge < -0.3 is 10.0 Å². The summed E-state index contributed by atoms with van der Waals surface area (Å²) in [6, 6.07) is 7.69. The molecule has 0 spiro atoms. The number of amides is 1. The van der Waals surface area contributed by atoms with Gasteiger partial charge in [0, 0.05) is 25.4 Å². The average molecular weight is 293 g/mol. The second kappa shape index (κ2) is 7.75. The number of nitrogens with zero attached hydrogens (tertiary/aromatic N) is 1. The summed E-state index contributed by atoms with van der Waals surface area (Å²) in [5, 5.41) is 8.60. The lowest BCUT2D eigenvalue weighted by Crippen LogP contribution is -2.15. The molecular weight excluding hydrogens is 274 g/mol. The first-order chi connectivity index (χ1) is 9.40. The largest absolute Gasteiger partial charge is 0.481 e. The van der Waals surface area contributed by atoms with E-state index in [1.165, 1.54) is 16.7 Å². The Morgan fingerprint density at radius 3 is 2.65 bits per heavy atom. The molecule has 108 valence electrons. The fourth-order valence-corrected chi connectivity index (χ4v) is 2.24. The molecule has 0 saturated carbocycles. The second-order valence-corrected chi connectivity index (χ2v) is 5.63. The third-order valence-electron chi connectivity index (χ3n) is 2.67. The molecule has 20 heavy (non-hydrogen) atoms. The van der Waals surface area contributed by atoms with Crippen molar-refractivity contribution in [2.45, 2.75) is 24.7 Å². The monoisotopic (exact) mass is 293 g/mol. The number of thioether (sulfide) groups is 1. The standard InChI is InChI=1S/C15H19NO3S/c1-11(6-4-9-14(17)18)12-7-5-8-13(10-12)20-15(19)16(2)3/h5-8,10H,4,9H2,1-3H3,(H,17,18)/b11-6-. The van der Waals surface area contributed by atoms with E-state index in [4.69, 9.17) is 5.11 Å². The lowest BCUT2D eigenvalue weighted by Gasteiger charge is -2.10.